The van der Waals surface area contributed by atoms with Gasteiger partial charge in [0.05, 0.1) is 28.2 Å². The topological polar surface area (TPSA) is 71.2 Å². The highest BCUT2D eigenvalue weighted by Gasteiger charge is 2.25. The molecule has 1 saturated heterocycles. The van der Waals surface area contributed by atoms with E-state index < -0.39 is 5.97 Å². The average molecular weight is 323 g/mol. The first-order valence-corrected chi connectivity index (χ1v) is 7.86. The number of fused-ring (bicyclic) bond motifs is 1. The second kappa shape index (κ2) is 5.85. The van der Waals surface area contributed by atoms with E-state index in [1.54, 1.807) is 6.20 Å². The standard InChI is InChI=1S/C15H19ClN4O2/c1-9(2)19-5-3-10(4-6-19)20-14-11(8-18-20)13(16)12(7-17-14)15(21)22/h7-10H,3-6H2,1-2H3,(H,21,22). The Labute approximate surface area is 133 Å². The lowest BCUT2D eigenvalue weighted by atomic mass is 10.0. The van der Waals surface area contributed by atoms with Crippen molar-refractivity contribution in [2.45, 2.75) is 38.8 Å². The third-order valence-electron chi connectivity index (χ3n) is 4.36. The number of aromatic carboxylic acids is 1. The lowest BCUT2D eigenvalue weighted by Gasteiger charge is -2.34. The molecule has 3 heterocycles. The van der Waals surface area contributed by atoms with Crippen molar-refractivity contribution in [3.63, 3.8) is 0 Å². The summed E-state index contributed by atoms with van der Waals surface area (Å²) in [4.78, 5) is 17.8. The Hall–Kier alpha value is -1.66. The van der Waals surface area contributed by atoms with Gasteiger partial charge in [-0.1, -0.05) is 11.6 Å². The molecule has 1 N–H and O–H groups in total. The summed E-state index contributed by atoms with van der Waals surface area (Å²) >= 11 is 6.17. The summed E-state index contributed by atoms with van der Waals surface area (Å²) in [7, 11) is 0. The van der Waals surface area contributed by atoms with Crippen LogP contribution in [-0.4, -0.2) is 49.9 Å². The monoisotopic (exact) mass is 322 g/mol. The summed E-state index contributed by atoms with van der Waals surface area (Å²) in [5.74, 6) is -1.07. The van der Waals surface area contributed by atoms with Crippen molar-refractivity contribution in [1.29, 1.82) is 0 Å². The van der Waals surface area contributed by atoms with Gasteiger partial charge in [-0.2, -0.15) is 5.10 Å². The predicted molar refractivity (Wildman–Crippen MR) is 84.5 cm³/mol. The summed E-state index contributed by atoms with van der Waals surface area (Å²) in [5.41, 5.74) is 0.682. The molecule has 2 aromatic heterocycles. The van der Waals surface area contributed by atoms with Crippen molar-refractivity contribution in [2.75, 3.05) is 13.1 Å². The number of hydrogen-bond donors (Lipinski definition) is 1. The smallest absolute Gasteiger partial charge is 0.338 e. The fraction of sp³-hybridized carbons (Fsp3) is 0.533. The van der Waals surface area contributed by atoms with Crippen LogP contribution in [-0.2, 0) is 0 Å². The molecule has 0 atom stereocenters. The van der Waals surface area contributed by atoms with E-state index in [-0.39, 0.29) is 16.6 Å². The van der Waals surface area contributed by atoms with Crippen molar-refractivity contribution in [3.8, 4) is 0 Å². The van der Waals surface area contributed by atoms with Crippen LogP contribution in [0.4, 0.5) is 0 Å². The zero-order valence-electron chi connectivity index (χ0n) is 12.7. The van der Waals surface area contributed by atoms with Crippen molar-refractivity contribution in [2.24, 2.45) is 0 Å². The Balaban J connectivity index is 1.90. The Morgan fingerprint density at radius 2 is 2.05 bits per heavy atom. The molecule has 0 saturated carbocycles. The molecule has 7 heteroatoms. The number of likely N-dealkylation sites (tertiary alicyclic amines) is 1. The van der Waals surface area contributed by atoms with Gasteiger partial charge < -0.3 is 10.0 Å². The highest BCUT2D eigenvalue weighted by molar-refractivity contribution is 6.38. The fourth-order valence-corrected chi connectivity index (χ4v) is 3.29. The molecule has 1 fully saturated rings. The van der Waals surface area contributed by atoms with E-state index in [9.17, 15) is 4.79 Å². The van der Waals surface area contributed by atoms with Gasteiger partial charge in [0.15, 0.2) is 5.65 Å². The van der Waals surface area contributed by atoms with E-state index in [1.165, 1.54) is 6.20 Å². The maximum absolute atomic E-state index is 11.1. The first-order chi connectivity index (χ1) is 10.5. The van der Waals surface area contributed by atoms with Gasteiger partial charge in [-0.3, -0.25) is 0 Å². The molecule has 1 aliphatic heterocycles. The number of carbonyl (C=O) groups is 1. The Bertz CT molecular complexity index is 705. The Kier molecular flexibility index (Phi) is 4.06. The van der Waals surface area contributed by atoms with E-state index in [0.29, 0.717) is 17.1 Å². The lowest BCUT2D eigenvalue weighted by molar-refractivity contribution is 0.0697. The molecule has 0 amide bonds. The number of carboxylic acids is 1. The van der Waals surface area contributed by atoms with Crippen LogP contribution in [0.25, 0.3) is 11.0 Å². The Morgan fingerprint density at radius 1 is 1.36 bits per heavy atom. The molecule has 0 radical (unpaired) electrons. The van der Waals surface area contributed by atoms with E-state index in [1.807, 2.05) is 4.68 Å². The molecule has 118 valence electrons. The van der Waals surface area contributed by atoms with Crippen LogP contribution in [0.15, 0.2) is 12.4 Å². The number of nitrogens with zero attached hydrogens (tertiary/aromatic N) is 4. The number of piperidine rings is 1. The largest absolute Gasteiger partial charge is 0.478 e. The normalized spacial score (nSPS) is 17.5. The quantitative estimate of drug-likeness (QED) is 0.940. The van der Waals surface area contributed by atoms with E-state index in [0.717, 1.165) is 25.9 Å². The molecule has 0 bridgehead atoms. The maximum atomic E-state index is 11.1. The lowest BCUT2D eigenvalue weighted by Crippen LogP contribution is -2.39. The van der Waals surface area contributed by atoms with Crippen LogP contribution in [0.1, 0.15) is 43.1 Å². The van der Waals surface area contributed by atoms with Crippen LogP contribution < -0.4 is 0 Å². The molecule has 3 rings (SSSR count). The molecule has 2 aromatic rings. The van der Waals surface area contributed by atoms with Gasteiger partial charge in [0.25, 0.3) is 0 Å². The van der Waals surface area contributed by atoms with Crippen LogP contribution >= 0.6 is 11.6 Å². The van der Waals surface area contributed by atoms with Crippen LogP contribution in [0, 0.1) is 0 Å². The zero-order chi connectivity index (χ0) is 15.9. The number of halogens is 1. The molecule has 1 aliphatic rings. The third kappa shape index (κ3) is 2.57. The van der Waals surface area contributed by atoms with Gasteiger partial charge >= 0.3 is 5.97 Å². The van der Waals surface area contributed by atoms with Gasteiger partial charge in [-0.25, -0.2) is 14.5 Å². The van der Waals surface area contributed by atoms with Crippen molar-refractivity contribution >= 4 is 28.6 Å². The third-order valence-corrected chi connectivity index (χ3v) is 4.77. The SMILES string of the molecule is CC(C)N1CCC(n2ncc3c(Cl)c(C(=O)O)cnc32)CC1. The maximum Gasteiger partial charge on any atom is 0.338 e. The number of aromatic nitrogens is 3. The minimum atomic E-state index is -1.07. The zero-order valence-corrected chi connectivity index (χ0v) is 13.4. The number of rotatable bonds is 3. The molecule has 0 aromatic carbocycles. The van der Waals surface area contributed by atoms with Gasteiger partial charge in [0.1, 0.15) is 0 Å². The highest BCUT2D eigenvalue weighted by atomic mass is 35.5. The minimum Gasteiger partial charge on any atom is -0.478 e. The second-order valence-electron chi connectivity index (χ2n) is 5.98. The molecular weight excluding hydrogens is 304 g/mol. The van der Waals surface area contributed by atoms with Crippen molar-refractivity contribution < 1.29 is 9.90 Å². The van der Waals surface area contributed by atoms with E-state index in [2.05, 4.69) is 28.8 Å². The van der Waals surface area contributed by atoms with Crippen LogP contribution in [0.2, 0.25) is 5.02 Å². The summed E-state index contributed by atoms with van der Waals surface area (Å²) in [6.07, 6.45) is 4.95. The van der Waals surface area contributed by atoms with E-state index >= 15 is 0 Å². The highest BCUT2D eigenvalue weighted by Crippen LogP contribution is 2.30. The van der Waals surface area contributed by atoms with Crippen molar-refractivity contribution in [3.05, 3.63) is 23.0 Å². The summed E-state index contributed by atoms with van der Waals surface area (Å²) < 4.78 is 1.89. The first kappa shape index (κ1) is 15.2. The molecule has 6 nitrogen and oxygen atoms in total. The fourth-order valence-electron chi connectivity index (χ4n) is 3.03. The van der Waals surface area contributed by atoms with Crippen LogP contribution in [0.5, 0.6) is 0 Å². The first-order valence-electron chi connectivity index (χ1n) is 7.48. The van der Waals surface area contributed by atoms with Gasteiger partial charge in [-0.15, -0.1) is 0 Å². The number of pyridine rings is 1. The number of hydrogen-bond acceptors (Lipinski definition) is 4. The minimum absolute atomic E-state index is 0.0170. The number of carboxylic acid groups (broad SMARTS) is 1. The second-order valence-corrected chi connectivity index (χ2v) is 6.36. The Morgan fingerprint density at radius 3 is 2.64 bits per heavy atom. The molecular formula is C15H19ClN4O2. The summed E-state index contributed by atoms with van der Waals surface area (Å²) in [5, 5.41) is 14.3. The molecule has 0 aliphatic carbocycles. The molecule has 0 unspecified atom stereocenters. The van der Waals surface area contributed by atoms with Crippen LogP contribution in [0.3, 0.4) is 0 Å². The molecule has 22 heavy (non-hydrogen) atoms. The summed E-state index contributed by atoms with van der Waals surface area (Å²) in [6, 6.07) is 0.841. The average Bonchev–Trinajstić information content (AvgIpc) is 2.92. The molecule has 0 spiro atoms. The predicted octanol–water partition coefficient (Wildman–Crippen LogP) is 2.83. The van der Waals surface area contributed by atoms with Gasteiger partial charge in [0, 0.05) is 25.3 Å². The summed E-state index contributed by atoms with van der Waals surface area (Å²) in [6.45, 7) is 6.48. The van der Waals surface area contributed by atoms with E-state index in [4.69, 9.17) is 16.7 Å². The van der Waals surface area contributed by atoms with Gasteiger partial charge in [0.2, 0.25) is 0 Å². The van der Waals surface area contributed by atoms with Gasteiger partial charge in [-0.05, 0) is 26.7 Å². The van der Waals surface area contributed by atoms with Crippen molar-refractivity contribution in [1.82, 2.24) is 19.7 Å².